The van der Waals surface area contributed by atoms with Gasteiger partial charge in [0.05, 0.1) is 10.7 Å². The molecule has 1 aliphatic rings. The summed E-state index contributed by atoms with van der Waals surface area (Å²) in [6.45, 7) is 7.02. The molecule has 1 aromatic heterocycles. The Labute approximate surface area is 115 Å². The molecule has 0 saturated carbocycles. The van der Waals surface area contributed by atoms with Crippen LogP contribution in [0, 0.1) is 0 Å². The number of rotatable bonds is 6. The Balaban J connectivity index is 1.82. The molecular formula is C14H25N3S. The van der Waals surface area contributed by atoms with Gasteiger partial charge in [0.2, 0.25) is 0 Å². The molecule has 0 bridgehead atoms. The van der Waals surface area contributed by atoms with Gasteiger partial charge in [0.15, 0.2) is 0 Å². The minimum Gasteiger partial charge on any atom is -0.320 e. The van der Waals surface area contributed by atoms with E-state index in [1.54, 1.807) is 0 Å². The van der Waals surface area contributed by atoms with E-state index < -0.39 is 0 Å². The lowest BCUT2D eigenvalue weighted by Gasteiger charge is -2.29. The van der Waals surface area contributed by atoms with E-state index in [0.29, 0.717) is 0 Å². The maximum absolute atomic E-state index is 4.83. The molecule has 0 spiro atoms. The van der Waals surface area contributed by atoms with Gasteiger partial charge in [0.1, 0.15) is 0 Å². The fraction of sp³-hybridized carbons (Fsp3) is 0.786. The van der Waals surface area contributed by atoms with Gasteiger partial charge in [-0.15, -0.1) is 11.3 Å². The standard InChI is InChI=1S/C14H25N3S/c1-3-17-9-6-12(7-10-17)14-16-13(11-18-14)5-4-8-15-2/h11-12,15H,3-10H2,1-2H3. The summed E-state index contributed by atoms with van der Waals surface area (Å²) in [5, 5.41) is 6.83. The zero-order valence-corrected chi connectivity index (χ0v) is 12.4. The summed E-state index contributed by atoms with van der Waals surface area (Å²) in [7, 11) is 2.01. The lowest BCUT2D eigenvalue weighted by Crippen LogP contribution is -2.32. The zero-order chi connectivity index (χ0) is 12.8. The molecule has 0 radical (unpaired) electrons. The van der Waals surface area contributed by atoms with Crippen LogP contribution in [0.2, 0.25) is 0 Å². The summed E-state index contributed by atoms with van der Waals surface area (Å²) in [5.74, 6) is 0.718. The minimum atomic E-state index is 0.718. The smallest absolute Gasteiger partial charge is 0.0960 e. The predicted molar refractivity (Wildman–Crippen MR) is 78.5 cm³/mol. The molecule has 0 aliphatic carbocycles. The first kappa shape index (κ1) is 14.0. The van der Waals surface area contributed by atoms with Crippen molar-refractivity contribution >= 4 is 11.3 Å². The molecule has 0 unspecified atom stereocenters. The van der Waals surface area contributed by atoms with Crippen LogP contribution in [0.4, 0.5) is 0 Å². The Hall–Kier alpha value is -0.450. The van der Waals surface area contributed by atoms with Gasteiger partial charge in [-0.05, 0) is 58.9 Å². The molecule has 102 valence electrons. The fourth-order valence-electron chi connectivity index (χ4n) is 2.57. The average Bonchev–Trinajstić information content (AvgIpc) is 2.88. The average molecular weight is 267 g/mol. The summed E-state index contributed by atoms with van der Waals surface area (Å²) in [4.78, 5) is 7.37. The summed E-state index contributed by atoms with van der Waals surface area (Å²) >= 11 is 1.87. The van der Waals surface area contributed by atoms with Crippen molar-refractivity contribution in [1.82, 2.24) is 15.2 Å². The van der Waals surface area contributed by atoms with Gasteiger partial charge in [-0.2, -0.15) is 0 Å². The third kappa shape index (κ3) is 3.77. The number of hydrogen-bond donors (Lipinski definition) is 1. The fourth-order valence-corrected chi connectivity index (χ4v) is 3.59. The van der Waals surface area contributed by atoms with Gasteiger partial charge >= 0.3 is 0 Å². The Morgan fingerprint density at radius 1 is 1.44 bits per heavy atom. The van der Waals surface area contributed by atoms with Crippen LogP contribution >= 0.6 is 11.3 Å². The van der Waals surface area contributed by atoms with Crippen molar-refractivity contribution in [3.05, 3.63) is 16.1 Å². The van der Waals surface area contributed by atoms with Crippen molar-refractivity contribution in [3.63, 3.8) is 0 Å². The first-order valence-corrected chi connectivity index (χ1v) is 8.02. The van der Waals surface area contributed by atoms with E-state index in [4.69, 9.17) is 4.98 Å². The SMILES string of the molecule is CCN1CCC(c2nc(CCCNC)cs2)CC1. The summed E-state index contributed by atoms with van der Waals surface area (Å²) in [5.41, 5.74) is 1.29. The molecule has 1 aromatic rings. The summed E-state index contributed by atoms with van der Waals surface area (Å²) < 4.78 is 0. The van der Waals surface area contributed by atoms with Crippen LogP contribution in [0.25, 0.3) is 0 Å². The van der Waals surface area contributed by atoms with Gasteiger partial charge in [-0.1, -0.05) is 6.92 Å². The van der Waals surface area contributed by atoms with E-state index in [1.807, 2.05) is 18.4 Å². The number of thiazole rings is 1. The van der Waals surface area contributed by atoms with Crippen molar-refractivity contribution in [2.24, 2.45) is 0 Å². The minimum absolute atomic E-state index is 0.718. The first-order chi connectivity index (χ1) is 8.83. The number of nitrogens with one attached hydrogen (secondary N) is 1. The molecule has 3 nitrogen and oxygen atoms in total. The van der Waals surface area contributed by atoms with Crippen molar-refractivity contribution < 1.29 is 0 Å². The van der Waals surface area contributed by atoms with Crippen LogP contribution < -0.4 is 5.32 Å². The second-order valence-electron chi connectivity index (χ2n) is 5.09. The normalized spacial score (nSPS) is 18.3. The molecule has 2 heterocycles. The van der Waals surface area contributed by atoms with E-state index in [9.17, 15) is 0 Å². The van der Waals surface area contributed by atoms with Crippen LogP contribution in [-0.4, -0.2) is 43.1 Å². The molecule has 0 aromatic carbocycles. The number of piperidine rings is 1. The maximum Gasteiger partial charge on any atom is 0.0960 e. The van der Waals surface area contributed by atoms with Gasteiger partial charge in [-0.3, -0.25) is 0 Å². The van der Waals surface area contributed by atoms with Crippen LogP contribution in [0.15, 0.2) is 5.38 Å². The van der Waals surface area contributed by atoms with E-state index in [-0.39, 0.29) is 0 Å². The van der Waals surface area contributed by atoms with E-state index in [0.717, 1.165) is 18.9 Å². The summed E-state index contributed by atoms with van der Waals surface area (Å²) in [6, 6.07) is 0. The molecule has 2 rings (SSSR count). The van der Waals surface area contributed by atoms with Gasteiger partial charge < -0.3 is 10.2 Å². The van der Waals surface area contributed by atoms with Crippen molar-refractivity contribution in [3.8, 4) is 0 Å². The lowest BCUT2D eigenvalue weighted by molar-refractivity contribution is 0.222. The van der Waals surface area contributed by atoms with Crippen molar-refractivity contribution in [2.45, 2.75) is 38.5 Å². The Bertz CT molecular complexity index is 343. The van der Waals surface area contributed by atoms with Crippen molar-refractivity contribution in [1.29, 1.82) is 0 Å². The monoisotopic (exact) mass is 267 g/mol. The largest absolute Gasteiger partial charge is 0.320 e. The Morgan fingerprint density at radius 2 is 2.22 bits per heavy atom. The Kier molecular flexibility index (Phi) is 5.60. The maximum atomic E-state index is 4.83. The second kappa shape index (κ2) is 7.22. The number of aromatic nitrogens is 1. The highest BCUT2D eigenvalue weighted by Gasteiger charge is 2.21. The van der Waals surface area contributed by atoms with Gasteiger partial charge in [0, 0.05) is 11.3 Å². The van der Waals surface area contributed by atoms with E-state index >= 15 is 0 Å². The molecule has 0 amide bonds. The Morgan fingerprint density at radius 3 is 2.89 bits per heavy atom. The van der Waals surface area contributed by atoms with Crippen LogP contribution in [0.3, 0.4) is 0 Å². The lowest BCUT2D eigenvalue weighted by atomic mass is 9.97. The molecule has 4 heteroatoms. The zero-order valence-electron chi connectivity index (χ0n) is 11.6. The van der Waals surface area contributed by atoms with Crippen LogP contribution in [-0.2, 0) is 6.42 Å². The number of aryl methyl sites for hydroxylation is 1. The van der Waals surface area contributed by atoms with E-state index in [2.05, 4.69) is 22.5 Å². The topological polar surface area (TPSA) is 28.2 Å². The highest BCUT2D eigenvalue weighted by Crippen LogP contribution is 2.30. The van der Waals surface area contributed by atoms with Gasteiger partial charge in [-0.25, -0.2) is 4.98 Å². The number of hydrogen-bond acceptors (Lipinski definition) is 4. The molecule has 1 saturated heterocycles. The first-order valence-electron chi connectivity index (χ1n) is 7.14. The van der Waals surface area contributed by atoms with Gasteiger partial charge in [0.25, 0.3) is 0 Å². The van der Waals surface area contributed by atoms with Crippen molar-refractivity contribution in [2.75, 3.05) is 33.2 Å². The summed E-state index contributed by atoms with van der Waals surface area (Å²) in [6.07, 6.45) is 4.88. The molecule has 1 aliphatic heterocycles. The third-order valence-electron chi connectivity index (χ3n) is 3.81. The van der Waals surface area contributed by atoms with E-state index in [1.165, 1.54) is 49.6 Å². The second-order valence-corrected chi connectivity index (χ2v) is 5.98. The van der Waals surface area contributed by atoms with Crippen LogP contribution in [0.5, 0.6) is 0 Å². The van der Waals surface area contributed by atoms with Crippen LogP contribution in [0.1, 0.15) is 42.8 Å². The molecule has 0 atom stereocenters. The molecular weight excluding hydrogens is 242 g/mol. The molecule has 1 N–H and O–H groups in total. The highest BCUT2D eigenvalue weighted by molar-refractivity contribution is 7.09. The number of likely N-dealkylation sites (tertiary alicyclic amines) is 1. The molecule has 18 heavy (non-hydrogen) atoms. The third-order valence-corrected chi connectivity index (χ3v) is 4.87. The quantitative estimate of drug-likeness (QED) is 0.803. The number of nitrogens with zero attached hydrogens (tertiary/aromatic N) is 2. The predicted octanol–water partition coefficient (Wildman–Crippen LogP) is 2.49. The highest BCUT2D eigenvalue weighted by atomic mass is 32.1. The molecule has 1 fully saturated rings.